The van der Waals surface area contributed by atoms with E-state index in [1.807, 2.05) is 23.5 Å². The van der Waals surface area contributed by atoms with Crippen molar-refractivity contribution in [1.29, 1.82) is 0 Å². The van der Waals surface area contributed by atoms with Gasteiger partial charge >= 0.3 is 0 Å². The summed E-state index contributed by atoms with van der Waals surface area (Å²) in [4.78, 5) is 1.42. The highest BCUT2D eigenvalue weighted by Gasteiger charge is 2.15. The standard InChI is InChI=1S/C17H23NOS/c1-4-7-16(17-10-6-11-20-17)18-13(2)14-8-5-9-15(12-14)19-3/h5-6,8-13,16,18H,4,7H2,1-3H3. The van der Waals surface area contributed by atoms with E-state index in [0.717, 1.165) is 12.2 Å². The Hall–Kier alpha value is -1.32. The van der Waals surface area contributed by atoms with Crippen LogP contribution in [0.2, 0.25) is 0 Å². The second kappa shape index (κ2) is 7.46. The van der Waals surface area contributed by atoms with Crippen molar-refractivity contribution in [3.05, 3.63) is 52.2 Å². The van der Waals surface area contributed by atoms with Crippen LogP contribution in [-0.4, -0.2) is 7.11 Å². The zero-order valence-electron chi connectivity index (χ0n) is 12.4. The lowest BCUT2D eigenvalue weighted by Gasteiger charge is -2.23. The Balaban J connectivity index is 2.09. The van der Waals surface area contributed by atoms with Crippen LogP contribution in [0.5, 0.6) is 5.75 Å². The smallest absolute Gasteiger partial charge is 0.119 e. The minimum Gasteiger partial charge on any atom is -0.497 e. The van der Waals surface area contributed by atoms with Gasteiger partial charge in [0.05, 0.1) is 7.11 Å². The lowest BCUT2D eigenvalue weighted by Crippen LogP contribution is -2.24. The van der Waals surface area contributed by atoms with Crippen molar-refractivity contribution in [1.82, 2.24) is 5.32 Å². The molecule has 0 fully saturated rings. The van der Waals surface area contributed by atoms with E-state index in [2.05, 4.69) is 48.8 Å². The largest absolute Gasteiger partial charge is 0.497 e. The molecule has 20 heavy (non-hydrogen) atoms. The summed E-state index contributed by atoms with van der Waals surface area (Å²) in [5, 5.41) is 5.89. The van der Waals surface area contributed by atoms with E-state index >= 15 is 0 Å². The highest BCUT2D eigenvalue weighted by atomic mass is 32.1. The summed E-state index contributed by atoms with van der Waals surface area (Å²) in [6.07, 6.45) is 2.34. The van der Waals surface area contributed by atoms with Crippen molar-refractivity contribution in [2.24, 2.45) is 0 Å². The van der Waals surface area contributed by atoms with Gasteiger partial charge in [-0.3, -0.25) is 0 Å². The van der Waals surface area contributed by atoms with Gasteiger partial charge in [0.1, 0.15) is 5.75 Å². The molecule has 1 aromatic heterocycles. The zero-order chi connectivity index (χ0) is 14.4. The number of methoxy groups -OCH3 is 1. The molecule has 0 aliphatic heterocycles. The fourth-order valence-electron chi connectivity index (χ4n) is 2.39. The number of hydrogen-bond acceptors (Lipinski definition) is 3. The highest BCUT2D eigenvalue weighted by molar-refractivity contribution is 7.10. The van der Waals surface area contributed by atoms with Crippen LogP contribution in [0, 0.1) is 0 Å². The van der Waals surface area contributed by atoms with E-state index < -0.39 is 0 Å². The Morgan fingerprint density at radius 3 is 2.75 bits per heavy atom. The Morgan fingerprint density at radius 1 is 1.25 bits per heavy atom. The normalized spacial score (nSPS) is 13.9. The second-order valence-electron chi connectivity index (χ2n) is 5.02. The molecule has 1 aromatic carbocycles. The highest BCUT2D eigenvalue weighted by Crippen LogP contribution is 2.27. The van der Waals surface area contributed by atoms with Crippen LogP contribution in [0.4, 0.5) is 0 Å². The molecule has 2 atom stereocenters. The van der Waals surface area contributed by atoms with Gasteiger partial charge in [0.15, 0.2) is 0 Å². The van der Waals surface area contributed by atoms with Crippen LogP contribution in [0.25, 0.3) is 0 Å². The first-order chi connectivity index (χ1) is 9.74. The SMILES string of the molecule is CCCC(NC(C)c1cccc(OC)c1)c1cccs1. The fourth-order valence-corrected chi connectivity index (χ4v) is 3.22. The van der Waals surface area contributed by atoms with E-state index in [1.165, 1.54) is 16.9 Å². The van der Waals surface area contributed by atoms with Crippen LogP contribution in [-0.2, 0) is 0 Å². The average molecular weight is 289 g/mol. The number of thiophene rings is 1. The summed E-state index contributed by atoms with van der Waals surface area (Å²) in [6, 6.07) is 13.4. The van der Waals surface area contributed by atoms with Crippen LogP contribution in [0.3, 0.4) is 0 Å². The maximum atomic E-state index is 5.30. The third-order valence-corrected chi connectivity index (χ3v) is 4.49. The van der Waals surface area contributed by atoms with E-state index in [-0.39, 0.29) is 0 Å². The number of hydrogen-bond donors (Lipinski definition) is 1. The molecule has 108 valence electrons. The van der Waals surface area contributed by atoms with E-state index in [4.69, 9.17) is 4.74 Å². The summed E-state index contributed by atoms with van der Waals surface area (Å²) in [5.41, 5.74) is 1.27. The minimum absolute atomic E-state index is 0.309. The second-order valence-corrected chi connectivity index (χ2v) is 6.00. The van der Waals surface area contributed by atoms with Crippen molar-refractivity contribution in [3.63, 3.8) is 0 Å². The summed E-state index contributed by atoms with van der Waals surface area (Å²) in [7, 11) is 1.71. The Bertz CT molecular complexity index is 509. The van der Waals surface area contributed by atoms with Crippen LogP contribution in [0.15, 0.2) is 41.8 Å². The van der Waals surface area contributed by atoms with Gasteiger partial charge in [0.25, 0.3) is 0 Å². The molecule has 2 aromatic rings. The lowest BCUT2D eigenvalue weighted by molar-refractivity contribution is 0.410. The molecule has 0 saturated heterocycles. The summed E-state index contributed by atoms with van der Waals surface area (Å²) < 4.78 is 5.30. The molecule has 0 aliphatic carbocycles. The molecule has 2 rings (SSSR count). The van der Waals surface area contributed by atoms with Crippen molar-refractivity contribution in [2.75, 3.05) is 7.11 Å². The molecule has 0 bridgehead atoms. The Labute approximate surface area is 125 Å². The van der Waals surface area contributed by atoms with Gasteiger partial charge in [-0.15, -0.1) is 11.3 Å². The number of benzene rings is 1. The Morgan fingerprint density at radius 2 is 2.10 bits per heavy atom. The van der Waals surface area contributed by atoms with Crippen molar-refractivity contribution in [2.45, 2.75) is 38.8 Å². The van der Waals surface area contributed by atoms with Crippen molar-refractivity contribution >= 4 is 11.3 Å². The molecular weight excluding hydrogens is 266 g/mol. The molecular formula is C17H23NOS. The molecule has 0 spiro atoms. The molecule has 1 heterocycles. The van der Waals surface area contributed by atoms with Crippen LogP contribution >= 0.6 is 11.3 Å². The molecule has 2 nitrogen and oxygen atoms in total. The van der Waals surface area contributed by atoms with E-state index in [0.29, 0.717) is 12.1 Å². The molecule has 0 amide bonds. The molecule has 2 unspecified atom stereocenters. The predicted octanol–water partition coefficient (Wildman–Crippen LogP) is 4.95. The fraction of sp³-hybridized carbons (Fsp3) is 0.412. The summed E-state index contributed by atoms with van der Waals surface area (Å²) in [6.45, 7) is 4.45. The lowest BCUT2D eigenvalue weighted by atomic mass is 10.0. The molecule has 1 N–H and O–H groups in total. The Kier molecular flexibility index (Phi) is 5.62. The average Bonchev–Trinajstić information content (AvgIpc) is 3.01. The van der Waals surface area contributed by atoms with Crippen molar-refractivity contribution in [3.8, 4) is 5.75 Å². The first kappa shape index (κ1) is 15.1. The van der Waals surface area contributed by atoms with Gasteiger partial charge in [0, 0.05) is 17.0 Å². The first-order valence-corrected chi connectivity index (χ1v) is 8.06. The third-order valence-electron chi connectivity index (χ3n) is 3.51. The molecule has 0 radical (unpaired) electrons. The van der Waals surface area contributed by atoms with Crippen LogP contribution in [0.1, 0.15) is 49.2 Å². The minimum atomic E-state index is 0.309. The monoisotopic (exact) mass is 289 g/mol. The van der Waals surface area contributed by atoms with Gasteiger partial charge in [-0.1, -0.05) is 31.5 Å². The first-order valence-electron chi connectivity index (χ1n) is 7.18. The van der Waals surface area contributed by atoms with Gasteiger partial charge in [-0.2, -0.15) is 0 Å². The van der Waals surface area contributed by atoms with Gasteiger partial charge in [-0.05, 0) is 42.5 Å². The van der Waals surface area contributed by atoms with Gasteiger partial charge in [-0.25, -0.2) is 0 Å². The van der Waals surface area contributed by atoms with Crippen LogP contribution < -0.4 is 10.1 Å². The topological polar surface area (TPSA) is 21.3 Å². The molecule has 0 aliphatic rings. The van der Waals surface area contributed by atoms with Gasteiger partial charge < -0.3 is 10.1 Å². The number of ether oxygens (including phenoxy) is 1. The number of rotatable bonds is 7. The zero-order valence-corrected chi connectivity index (χ0v) is 13.2. The summed E-state index contributed by atoms with van der Waals surface area (Å²) >= 11 is 1.83. The van der Waals surface area contributed by atoms with E-state index in [9.17, 15) is 0 Å². The summed E-state index contributed by atoms with van der Waals surface area (Å²) in [5.74, 6) is 0.916. The maximum Gasteiger partial charge on any atom is 0.119 e. The third kappa shape index (κ3) is 3.84. The molecule has 3 heteroatoms. The van der Waals surface area contributed by atoms with Crippen molar-refractivity contribution < 1.29 is 4.74 Å². The molecule has 0 saturated carbocycles. The maximum absolute atomic E-state index is 5.30. The van der Waals surface area contributed by atoms with Gasteiger partial charge in [0.2, 0.25) is 0 Å². The predicted molar refractivity (Wildman–Crippen MR) is 86.5 cm³/mol. The number of nitrogens with one attached hydrogen (secondary N) is 1. The quantitative estimate of drug-likeness (QED) is 0.778. The van der Waals surface area contributed by atoms with E-state index in [1.54, 1.807) is 7.11 Å².